The van der Waals surface area contributed by atoms with Crippen molar-refractivity contribution in [3.05, 3.63) is 54.1 Å². The van der Waals surface area contributed by atoms with Crippen molar-refractivity contribution in [1.29, 1.82) is 0 Å². The molecule has 0 radical (unpaired) electrons. The Hall–Kier alpha value is -2.12. The summed E-state index contributed by atoms with van der Waals surface area (Å²) in [7, 11) is -3.58. The molecule has 0 unspecified atom stereocenters. The van der Waals surface area contributed by atoms with Crippen LogP contribution in [-0.2, 0) is 10.0 Å². The molecule has 0 saturated heterocycles. The second-order valence-electron chi connectivity index (χ2n) is 4.98. The summed E-state index contributed by atoms with van der Waals surface area (Å²) in [4.78, 5) is 0.235. The third kappa shape index (κ3) is 4.94. The van der Waals surface area contributed by atoms with E-state index in [-0.39, 0.29) is 4.90 Å². The molecule has 5 nitrogen and oxygen atoms in total. The number of nitrogens with one attached hydrogen (secondary N) is 3. The standard InChI is InChI=1S/C16H19N3O2S2/c1-3-17-16(22)18-13-6-8-14(9-7-13)19-23(20,21)15-10-4-12(2)5-11-15/h4-11,19H,3H2,1-2H3,(H2,17,18,22). The molecule has 0 aliphatic rings. The fourth-order valence-electron chi connectivity index (χ4n) is 1.89. The van der Waals surface area contributed by atoms with E-state index in [0.29, 0.717) is 10.8 Å². The summed E-state index contributed by atoms with van der Waals surface area (Å²) in [6.45, 7) is 4.60. The van der Waals surface area contributed by atoms with E-state index in [1.807, 2.05) is 13.8 Å². The van der Waals surface area contributed by atoms with E-state index >= 15 is 0 Å². The average molecular weight is 349 g/mol. The predicted molar refractivity (Wildman–Crippen MR) is 98.3 cm³/mol. The van der Waals surface area contributed by atoms with Gasteiger partial charge < -0.3 is 10.6 Å². The maximum Gasteiger partial charge on any atom is 0.261 e. The summed E-state index contributed by atoms with van der Waals surface area (Å²) in [5.74, 6) is 0. The molecule has 0 heterocycles. The van der Waals surface area contributed by atoms with E-state index in [1.165, 1.54) is 0 Å². The van der Waals surface area contributed by atoms with Crippen molar-refractivity contribution >= 4 is 38.7 Å². The third-order valence-electron chi connectivity index (χ3n) is 3.06. The number of hydrogen-bond donors (Lipinski definition) is 3. The minimum atomic E-state index is -3.58. The van der Waals surface area contributed by atoms with Gasteiger partial charge in [-0.05, 0) is 62.5 Å². The summed E-state index contributed by atoms with van der Waals surface area (Å²) in [6, 6.07) is 13.6. The second kappa shape index (κ2) is 7.43. The van der Waals surface area contributed by atoms with Gasteiger partial charge in [0.1, 0.15) is 0 Å². The lowest BCUT2D eigenvalue weighted by molar-refractivity contribution is 0.601. The predicted octanol–water partition coefficient (Wildman–Crippen LogP) is 3.10. The summed E-state index contributed by atoms with van der Waals surface area (Å²) in [6.07, 6.45) is 0. The average Bonchev–Trinajstić information content (AvgIpc) is 2.50. The Morgan fingerprint density at radius 1 is 1.00 bits per heavy atom. The molecular weight excluding hydrogens is 330 g/mol. The highest BCUT2D eigenvalue weighted by Gasteiger charge is 2.13. The minimum Gasteiger partial charge on any atom is -0.363 e. The Kier molecular flexibility index (Phi) is 5.57. The highest BCUT2D eigenvalue weighted by atomic mass is 32.2. The lowest BCUT2D eigenvalue weighted by Gasteiger charge is -2.11. The zero-order valence-electron chi connectivity index (χ0n) is 13.0. The fourth-order valence-corrected chi connectivity index (χ4v) is 3.21. The SMILES string of the molecule is CCNC(=S)Nc1ccc(NS(=O)(=O)c2ccc(C)cc2)cc1. The first-order valence-electron chi connectivity index (χ1n) is 7.15. The Bertz CT molecular complexity index is 770. The van der Waals surface area contributed by atoms with Crippen molar-refractivity contribution in [2.45, 2.75) is 18.7 Å². The Morgan fingerprint density at radius 3 is 2.13 bits per heavy atom. The smallest absolute Gasteiger partial charge is 0.261 e. The first-order chi connectivity index (χ1) is 10.9. The normalized spacial score (nSPS) is 10.9. The Morgan fingerprint density at radius 2 is 1.57 bits per heavy atom. The van der Waals surface area contributed by atoms with E-state index in [9.17, 15) is 8.42 Å². The van der Waals surface area contributed by atoms with E-state index in [2.05, 4.69) is 15.4 Å². The molecule has 3 N–H and O–H groups in total. The molecule has 0 aromatic heterocycles. The van der Waals surface area contributed by atoms with Gasteiger partial charge >= 0.3 is 0 Å². The summed E-state index contributed by atoms with van der Waals surface area (Å²) in [5, 5.41) is 6.52. The lowest BCUT2D eigenvalue weighted by Crippen LogP contribution is -2.27. The molecule has 0 fully saturated rings. The number of sulfonamides is 1. The topological polar surface area (TPSA) is 70.2 Å². The van der Waals surface area contributed by atoms with Crippen LogP contribution in [0, 0.1) is 6.92 Å². The van der Waals surface area contributed by atoms with Crippen molar-refractivity contribution in [3.8, 4) is 0 Å². The van der Waals surface area contributed by atoms with Gasteiger partial charge in [-0.25, -0.2) is 8.42 Å². The van der Waals surface area contributed by atoms with Crippen LogP contribution in [0.15, 0.2) is 53.4 Å². The zero-order valence-corrected chi connectivity index (χ0v) is 14.6. The van der Waals surface area contributed by atoms with Crippen LogP contribution < -0.4 is 15.4 Å². The van der Waals surface area contributed by atoms with Crippen LogP contribution in [0.25, 0.3) is 0 Å². The zero-order chi connectivity index (χ0) is 16.9. The number of anilines is 2. The maximum atomic E-state index is 12.3. The van der Waals surface area contributed by atoms with Crippen LogP contribution in [0.1, 0.15) is 12.5 Å². The molecule has 2 aromatic carbocycles. The molecule has 0 aliphatic carbocycles. The van der Waals surface area contributed by atoms with Crippen LogP contribution in [0.4, 0.5) is 11.4 Å². The van der Waals surface area contributed by atoms with Gasteiger partial charge in [-0.1, -0.05) is 17.7 Å². The minimum absolute atomic E-state index is 0.235. The number of benzene rings is 2. The summed E-state index contributed by atoms with van der Waals surface area (Å²) in [5.41, 5.74) is 2.29. The molecule has 23 heavy (non-hydrogen) atoms. The molecule has 0 spiro atoms. The van der Waals surface area contributed by atoms with Gasteiger partial charge in [-0.15, -0.1) is 0 Å². The number of rotatable bonds is 5. The molecule has 2 aromatic rings. The van der Waals surface area contributed by atoms with Crippen molar-refractivity contribution in [1.82, 2.24) is 5.32 Å². The quantitative estimate of drug-likeness (QED) is 0.724. The van der Waals surface area contributed by atoms with Gasteiger partial charge in [0.2, 0.25) is 0 Å². The van der Waals surface area contributed by atoms with Gasteiger partial charge in [0.25, 0.3) is 10.0 Å². The van der Waals surface area contributed by atoms with E-state index < -0.39 is 10.0 Å². The van der Waals surface area contributed by atoms with E-state index in [0.717, 1.165) is 17.8 Å². The molecule has 0 aliphatic heterocycles. The van der Waals surface area contributed by atoms with Crippen LogP contribution in [0.2, 0.25) is 0 Å². The molecule has 2 rings (SSSR count). The first kappa shape index (κ1) is 17.2. The summed E-state index contributed by atoms with van der Waals surface area (Å²) < 4.78 is 27.2. The number of hydrogen-bond acceptors (Lipinski definition) is 3. The molecule has 0 saturated carbocycles. The Balaban J connectivity index is 2.08. The molecule has 122 valence electrons. The largest absolute Gasteiger partial charge is 0.363 e. The van der Waals surface area contributed by atoms with Gasteiger partial charge in [0.05, 0.1) is 4.90 Å². The highest BCUT2D eigenvalue weighted by Crippen LogP contribution is 2.18. The van der Waals surface area contributed by atoms with Crippen molar-refractivity contribution < 1.29 is 8.42 Å². The van der Waals surface area contributed by atoms with Crippen LogP contribution >= 0.6 is 12.2 Å². The monoisotopic (exact) mass is 349 g/mol. The Labute approximate surface area is 142 Å². The third-order valence-corrected chi connectivity index (χ3v) is 4.71. The van der Waals surface area contributed by atoms with E-state index in [4.69, 9.17) is 12.2 Å². The van der Waals surface area contributed by atoms with Crippen molar-refractivity contribution in [2.75, 3.05) is 16.6 Å². The molecular formula is C16H19N3O2S2. The van der Waals surface area contributed by atoms with Crippen molar-refractivity contribution in [3.63, 3.8) is 0 Å². The molecule has 0 bridgehead atoms. The van der Waals surface area contributed by atoms with Crippen LogP contribution in [0.3, 0.4) is 0 Å². The maximum absolute atomic E-state index is 12.3. The van der Waals surface area contributed by atoms with Gasteiger partial charge in [0.15, 0.2) is 5.11 Å². The van der Waals surface area contributed by atoms with E-state index in [1.54, 1.807) is 48.5 Å². The first-order valence-corrected chi connectivity index (χ1v) is 9.04. The highest BCUT2D eigenvalue weighted by molar-refractivity contribution is 7.92. The molecule has 0 atom stereocenters. The molecule has 7 heteroatoms. The van der Waals surface area contributed by atoms with Gasteiger partial charge in [-0.2, -0.15) is 0 Å². The molecule has 0 amide bonds. The number of aryl methyl sites for hydroxylation is 1. The van der Waals surface area contributed by atoms with Crippen LogP contribution in [-0.4, -0.2) is 20.1 Å². The lowest BCUT2D eigenvalue weighted by atomic mass is 10.2. The van der Waals surface area contributed by atoms with Crippen LogP contribution in [0.5, 0.6) is 0 Å². The summed E-state index contributed by atoms with van der Waals surface area (Å²) >= 11 is 5.10. The fraction of sp³-hybridized carbons (Fsp3) is 0.188. The van der Waals surface area contributed by atoms with Gasteiger partial charge in [0, 0.05) is 17.9 Å². The van der Waals surface area contributed by atoms with Crippen molar-refractivity contribution in [2.24, 2.45) is 0 Å². The number of thiocarbonyl (C=S) groups is 1. The second-order valence-corrected chi connectivity index (χ2v) is 7.07. The van der Waals surface area contributed by atoms with Gasteiger partial charge in [-0.3, -0.25) is 4.72 Å².